The Morgan fingerprint density at radius 1 is 0.400 bits per heavy atom. The minimum atomic E-state index is -0.507. The highest BCUT2D eigenvalue weighted by Gasteiger charge is 2.15. The molecular formula is C23H50BrP. The van der Waals surface area contributed by atoms with Crippen LogP contribution in [0.15, 0.2) is 0 Å². The lowest BCUT2D eigenvalue weighted by molar-refractivity contribution is -0.00000565. The van der Waals surface area contributed by atoms with Crippen molar-refractivity contribution in [1.82, 2.24) is 0 Å². The molecule has 0 bridgehead atoms. The van der Waals surface area contributed by atoms with Gasteiger partial charge in [-0.15, -0.1) is 0 Å². The Bertz CT molecular complexity index is 235. The molecular weight excluding hydrogens is 387 g/mol. The summed E-state index contributed by atoms with van der Waals surface area (Å²) in [5, 5.41) is 0. The second kappa shape index (κ2) is 21.2. The van der Waals surface area contributed by atoms with Crippen molar-refractivity contribution in [3.63, 3.8) is 0 Å². The molecule has 0 heterocycles. The third-order valence-corrected chi connectivity index (χ3v) is 6.84. The normalized spacial score (nSPS) is 11.5. The Morgan fingerprint density at radius 3 is 0.880 bits per heavy atom. The van der Waals surface area contributed by atoms with Crippen molar-refractivity contribution in [3.05, 3.63) is 0 Å². The van der Waals surface area contributed by atoms with Gasteiger partial charge in [-0.2, -0.15) is 0 Å². The summed E-state index contributed by atoms with van der Waals surface area (Å²) in [4.78, 5) is 0. The maximum absolute atomic E-state index is 2.47. The van der Waals surface area contributed by atoms with Gasteiger partial charge in [-0.1, -0.05) is 110 Å². The van der Waals surface area contributed by atoms with Gasteiger partial charge in [0.25, 0.3) is 0 Å². The van der Waals surface area contributed by atoms with E-state index in [1.54, 1.807) is 0 Å². The van der Waals surface area contributed by atoms with Crippen LogP contribution in [-0.2, 0) is 0 Å². The van der Waals surface area contributed by atoms with Crippen LogP contribution in [0.25, 0.3) is 0 Å². The first kappa shape index (κ1) is 28.1. The summed E-state index contributed by atoms with van der Waals surface area (Å²) < 4.78 is 0. The standard InChI is InChI=1S/C23H50P.BrH/c1-5-6-7-8-9-10-11-12-13-14-15-16-17-18-19-20-21-22-23-24(2,3)4;/h5-23H2,1-4H3;1H/q+1;/p-1. The average Bonchev–Trinajstić information content (AvgIpc) is 2.52. The first-order chi connectivity index (χ1) is 11.6. The van der Waals surface area contributed by atoms with E-state index < -0.39 is 7.26 Å². The van der Waals surface area contributed by atoms with Gasteiger partial charge in [0, 0.05) is 27.3 Å². The molecule has 0 aromatic rings. The molecule has 0 nitrogen and oxygen atoms in total. The number of hydrogen-bond donors (Lipinski definition) is 0. The largest absolute Gasteiger partial charge is 1.00 e. The molecule has 0 amide bonds. The van der Waals surface area contributed by atoms with E-state index in [0.29, 0.717) is 0 Å². The minimum absolute atomic E-state index is 0. The fourth-order valence-corrected chi connectivity index (χ4v) is 4.66. The smallest absolute Gasteiger partial charge is 0.0586 e. The second-order valence-electron chi connectivity index (χ2n) is 9.02. The topological polar surface area (TPSA) is 0 Å². The van der Waals surface area contributed by atoms with Gasteiger partial charge < -0.3 is 17.0 Å². The Kier molecular flexibility index (Phi) is 23.9. The van der Waals surface area contributed by atoms with E-state index in [4.69, 9.17) is 0 Å². The molecule has 0 spiro atoms. The molecule has 0 fully saturated rings. The van der Waals surface area contributed by atoms with Crippen molar-refractivity contribution in [2.75, 3.05) is 26.2 Å². The van der Waals surface area contributed by atoms with Crippen LogP contribution in [0.4, 0.5) is 0 Å². The number of hydrogen-bond acceptors (Lipinski definition) is 0. The zero-order valence-electron chi connectivity index (χ0n) is 18.3. The van der Waals surface area contributed by atoms with Crippen molar-refractivity contribution < 1.29 is 17.0 Å². The van der Waals surface area contributed by atoms with Gasteiger partial charge in [-0.05, 0) is 12.8 Å². The summed E-state index contributed by atoms with van der Waals surface area (Å²) in [6.07, 6.45) is 28.1. The molecule has 154 valence electrons. The quantitative estimate of drug-likeness (QED) is 0.173. The van der Waals surface area contributed by atoms with Crippen molar-refractivity contribution >= 4 is 7.26 Å². The summed E-state index contributed by atoms with van der Waals surface area (Å²) in [5.41, 5.74) is 0. The number of rotatable bonds is 19. The van der Waals surface area contributed by atoms with Crippen LogP contribution in [0.2, 0.25) is 0 Å². The Balaban J connectivity index is 0. The van der Waals surface area contributed by atoms with E-state index >= 15 is 0 Å². The summed E-state index contributed by atoms with van der Waals surface area (Å²) >= 11 is 0. The molecule has 0 unspecified atom stereocenters. The minimum Gasteiger partial charge on any atom is -1.00 e. The SMILES string of the molecule is CCCCCCCCCCCCCCCCCCCC[P+](C)(C)C.[Br-]. The molecule has 0 atom stereocenters. The van der Waals surface area contributed by atoms with Crippen molar-refractivity contribution in [3.8, 4) is 0 Å². The van der Waals surface area contributed by atoms with Gasteiger partial charge in [-0.3, -0.25) is 0 Å². The molecule has 0 rings (SSSR count). The zero-order valence-corrected chi connectivity index (χ0v) is 20.7. The summed E-state index contributed by atoms with van der Waals surface area (Å²) in [6, 6.07) is 0. The summed E-state index contributed by atoms with van der Waals surface area (Å²) in [5.74, 6) is 0. The van der Waals surface area contributed by atoms with Gasteiger partial charge in [0.15, 0.2) is 0 Å². The fraction of sp³-hybridized carbons (Fsp3) is 1.00. The Labute approximate surface area is 172 Å². The van der Waals surface area contributed by atoms with Crippen molar-refractivity contribution in [2.24, 2.45) is 0 Å². The van der Waals surface area contributed by atoms with Gasteiger partial charge in [0.05, 0.1) is 6.16 Å². The van der Waals surface area contributed by atoms with Gasteiger partial charge >= 0.3 is 0 Å². The van der Waals surface area contributed by atoms with E-state index in [9.17, 15) is 0 Å². The molecule has 25 heavy (non-hydrogen) atoms. The van der Waals surface area contributed by atoms with E-state index in [2.05, 4.69) is 26.9 Å². The molecule has 0 aromatic heterocycles. The predicted octanol–water partition coefficient (Wildman–Crippen LogP) is 5.94. The van der Waals surface area contributed by atoms with Crippen LogP contribution < -0.4 is 17.0 Å². The van der Waals surface area contributed by atoms with Crippen LogP contribution in [-0.4, -0.2) is 26.2 Å². The second-order valence-corrected chi connectivity index (χ2v) is 14.1. The van der Waals surface area contributed by atoms with Crippen molar-refractivity contribution in [1.29, 1.82) is 0 Å². The number of halogens is 1. The van der Waals surface area contributed by atoms with Gasteiger partial charge in [-0.25, -0.2) is 0 Å². The molecule has 0 aliphatic heterocycles. The van der Waals surface area contributed by atoms with Crippen LogP contribution in [0.3, 0.4) is 0 Å². The molecule has 2 heteroatoms. The molecule has 0 saturated heterocycles. The third kappa shape index (κ3) is 27.2. The van der Waals surface area contributed by atoms with Crippen LogP contribution >= 0.6 is 7.26 Å². The van der Waals surface area contributed by atoms with E-state index in [1.165, 1.54) is 122 Å². The molecule has 0 aliphatic carbocycles. The van der Waals surface area contributed by atoms with E-state index in [-0.39, 0.29) is 17.0 Å². The maximum atomic E-state index is 2.47. The van der Waals surface area contributed by atoms with Crippen molar-refractivity contribution in [2.45, 2.75) is 122 Å². The van der Waals surface area contributed by atoms with E-state index in [1.807, 2.05) is 0 Å². The maximum Gasteiger partial charge on any atom is 0.0586 e. The molecule has 0 aromatic carbocycles. The highest BCUT2D eigenvalue weighted by atomic mass is 79.9. The first-order valence-electron chi connectivity index (χ1n) is 11.4. The predicted molar refractivity (Wildman–Crippen MR) is 118 cm³/mol. The Hall–Kier alpha value is 0.910. The van der Waals surface area contributed by atoms with E-state index in [0.717, 1.165) is 0 Å². The fourth-order valence-electron chi connectivity index (χ4n) is 3.49. The zero-order chi connectivity index (χ0) is 17.9. The molecule has 0 saturated carbocycles. The summed E-state index contributed by atoms with van der Waals surface area (Å²) in [6.45, 7) is 9.72. The molecule has 0 aliphatic rings. The average molecular weight is 438 g/mol. The third-order valence-electron chi connectivity index (χ3n) is 5.18. The lowest BCUT2D eigenvalue weighted by Gasteiger charge is -2.10. The lowest BCUT2D eigenvalue weighted by Crippen LogP contribution is -3.00. The monoisotopic (exact) mass is 436 g/mol. The Morgan fingerprint density at radius 2 is 0.640 bits per heavy atom. The van der Waals surface area contributed by atoms with Crippen LogP contribution in [0.5, 0.6) is 0 Å². The lowest BCUT2D eigenvalue weighted by atomic mass is 10.0. The molecule has 0 radical (unpaired) electrons. The number of unbranched alkanes of at least 4 members (excludes halogenated alkanes) is 17. The van der Waals surface area contributed by atoms with Crippen LogP contribution in [0, 0.1) is 0 Å². The van der Waals surface area contributed by atoms with Gasteiger partial charge in [0.1, 0.15) is 0 Å². The highest BCUT2D eigenvalue weighted by Crippen LogP contribution is 2.47. The van der Waals surface area contributed by atoms with Crippen LogP contribution in [0.1, 0.15) is 122 Å². The summed E-state index contributed by atoms with van der Waals surface area (Å²) in [7, 11) is -0.507. The molecule has 0 N–H and O–H groups in total. The first-order valence-corrected chi connectivity index (χ1v) is 14.7. The van der Waals surface area contributed by atoms with Gasteiger partial charge in [0.2, 0.25) is 0 Å². The highest BCUT2D eigenvalue weighted by molar-refractivity contribution is 7.73.